The predicted octanol–water partition coefficient (Wildman–Crippen LogP) is 5.08. The van der Waals surface area contributed by atoms with E-state index in [9.17, 15) is 9.59 Å². The van der Waals surface area contributed by atoms with Crippen LogP contribution in [0.5, 0.6) is 5.75 Å². The van der Waals surface area contributed by atoms with Crippen LogP contribution in [0.15, 0.2) is 47.4 Å². The van der Waals surface area contributed by atoms with Crippen LogP contribution in [0.1, 0.15) is 25.0 Å². The molecule has 0 saturated heterocycles. The summed E-state index contributed by atoms with van der Waals surface area (Å²) in [4.78, 5) is 28.2. The molecule has 140 valence electrons. The van der Waals surface area contributed by atoms with Crippen LogP contribution in [0.3, 0.4) is 0 Å². The summed E-state index contributed by atoms with van der Waals surface area (Å²) in [5.41, 5.74) is 2.33. The molecule has 0 N–H and O–H groups in total. The Kier molecular flexibility index (Phi) is 5.63. The van der Waals surface area contributed by atoms with Crippen molar-refractivity contribution in [3.05, 3.63) is 63.5 Å². The van der Waals surface area contributed by atoms with Gasteiger partial charge in [-0.15, -0.1) is 11.8 Å². The van der Waals surface area contributed by atoms with Crippen LogP contribution in [0.25, 0.3) is 5.57 Å². The van der Waals surface area contributed by atoms with Crippen molar-refractivity contribution in [2.45, 2.75) is 26.0 Å². The van der Waals surface area contributed by atoms with Crippen molar-refractivity contribution in [2.75, 3.05) is 12.0 Å². The molecule has 0 spiro atoms. The number of benzene rings is 2. The first kappa shape index (κ1) is 19.5. The molecule has 0 bridgehead atoms. The zero-order valence-corrected chi connectivity index (χ0v) is 17.1. The van der Waals surface area contributed by atoms with Crippen molar-refractivity contribution in [3.63, 3.8) is 0 Å². The van der Waals surface area contributed by atoms with E-state index in [-0.39, 0.29) is 17.1 Å². The molecule has 0 aromatic heterocycles. The van der Waals surface area contributed by atoms with Crippen LogP contribution in [0.2, 0.25) is 5.02 Å². The maximum Gasteiger partial charge on any atom is 0.272 e. The summed E-state index contributed by atoms with van der Waals surface area (Å²) in [6.07, 6.45) is 0. The highest BCUT2D eigenvalue weighted by Crippen LogP contribution is 2.41. The number of rotatable bonds is 5. The largest absolute Gasteiger partial charge is 0.497 e. The van der Waals surface area contributed by atoms with E-state index in [1.165, 1.54) is 16.7 Å². The number of hydrogen-bond acceptors (Lipinski definition) is 4. The molecule has 27 heavy (non-hydrogen) atoms. The van der Waals surface area contributed by atoms with Gasteiger partial charge < -0.3 is 4.74 Å². The van der Waals surface area contributed by atoms with Gasteiger partial charge in [-0.1, -0.05) is 43.6 Å². The van der Waals surface area contributed by atoms with Crippen LogP contribution in [0, 0.1) is 6.92 Å². The number of anilines is 1. The number of carbonyl (C=O) groups is 2. The van der Waals surface area contributed by atoms with Gasteiger partial charge in [-0.05, 0) is 42.3 Å². The molecule has 0 radical (unpaired) electrons. The molecule has 1 aliphatic heterocycles. The lowest BCUT2D eigenvalue weighted by molar-refractivity contribution is -0.119. The van der Waals surface area contributed by atoms with E-state index < -0.39 is 0 Å². The van der Waals surface area contributed by atoms with E-state index >= 15 is 0 Å². The molecule has 1 aliphatic rings. The van der Waals surface area contributed by atoms with Crippen LogP contribution < -0.4 is 9.64 Å². The van der Waals surface area contributed by atoms with Gasteiger partial charge in [0.15, 0.2) is 0 Å². The van der Waals surface area contributed by atoms with Crippen molar-refractivity contribution in [2.24, 2.45) is 0 Å². The summed E-state index contributed by atoms with van der Waals surface area (Å²) < 4.78 is 5.19. The Morgan fingerprint density at radius 2 is 1.70 bits per heavy atom. The third-order valence-corrected chi connectivity index (χ3v) is 5.75. The minimum atomic E-state index is -0.335. The van der Waals surface area contributed by atoms with Gasteiger partial charge >= 0.3 is 0 Å². The number of halogens is 1. The van der Waals surface area contributed by atoms with Gasteiger partial charge in [0.05, 0.1) is 23.3 Å². The molecule has 2 aromatic rings. The first-order valence-corrected chi connectivity index (χ1v) is 9.80. The number of imide groups is 1. The zero-order chi connectivity index (χ0) is 19.7. The van der Waals surface area contributed by atoms with Crippen LogP contribution in [-0.4, -0.2) is 24.2 Å². The maximum absolute atomic E-state index is 13.3. The molecular weight excluding hydrogens is 382 g/mol. The Balaban J connectivity index is 2.12. The molecule has 1 heterocycles. The molecule has 4 nitrogen and oxygen atoms in total. The van der Waals surface area contributed by atoms with Gasteiger partial charge in [0.2, 0.25) is 0 Å². The monoisotopic (exact) mass is 401 g/mol. The number of nitrogens with zero attached hydrogens (tertiary/aromatic N) is 1. The van der Waals surface area contributed by atoms with Gasteiger partial charge in [0.25, 0.3) is 11.8 Å². The Labute approximate surface area is 168 Å². The standard InChI is InChI=1S/C21H20ClNO3S/c1-12(2)27-19-18(14-8-10-15(26-4)11-9-14)20(24)23(21(19)25)17-7-5-6-16(22)13(17)3/h5-12H,1-4H3. The molecule has 2 amide bonds. The maximum atomic E-state index is 13.3. The second-order valence-corrected chi connectivity index (χ2v) is 8.42. The Hall–Kier alpha value is -2.24. The summed E-state index contributed by atoms with van der Waals surface area (Å²) in [5, 5.41) is 0.675. The lowest BCUT2D eigenvalue weighted by atomic mass is 10.1. The molecule has 0 fully saturated rings. The van der Waals surface area contributed by atoms with E-state index in [0.29, 0.717) is 38.1 Å². The fourth-order valence-electron chi connectivity index (χ4n) is 2.92. The minimum absolute atomic E-state index is 0.158. The summed E-state index contributed by atoms with van der Waals surface area (Å²) in [5.74, 6) is 0.0466. The van der Waals surface area contributed by atoms with Crippen LogP contribution in [0.4, 0.5) is 5.69 Å². The Bertz CT molecular complexity index is 935. The lowest BCUT2D eigenvalue weighted by Crippen LogP contribution is -2.32. The second-order valence-electron chi connectivity index (χ2n) is 6.43. The van der Waals surface area contributed by atoms with Crippen molar-refractivity contribution < 1.29 is 14.3 Å². The SMILES string of the molecule is COc1ccc(C2=C(SC(C)C)C(=O)N(c3cccc(Cl)c3C)C2=O)cc1. The van der Waals surface area contributed by atoms with Gasteiger partial charge in [0.1, 0.15) is 5.75 Å². The fourth-order valence-corrected chi connectivity index (χ4v) is 4.08. The number of hydrogen-bond donors (Lipinski definition) is 0. The molecule has 3 rings (SSSR count). The minimum Gasteiger partial charge on any atom is -0.497 e. The van der Waals surface area contributed by atoms with E-state index in [1.807, 2.05) is 13.8 Å². The number of amides is 2. The normalized spacial score (nSPS) is 14.5. The molecule has 0 unspecified atom stereocenters. The van der Waals surface area contributed by atoms with Gasteiger partial charge in [-0.3, -0.25) is 9.59 Å². The average Bonchev–Trinajstić information content (AvgIpc) is 2.87. The third kappa shape index (κ3) is 3.62. The van der Waals surface area contributed by atoms with Crippen molar-refractivity contribution in [1.29, 1.82) is 0 Å². The van der Waals surface area contributed by atoms with Gasteiger partial charge in [-0.25, -0.2) is 4.90 Å². The first-order chi connectivity index (χ1) is 12.8. The van der Waals surface area contributed by atoms with Gasteiger partial charge in [0, 0.05) is 10.3 Å². The number of methoxy groups -OCH3 is 1. The average molecular weight is 402 g/mol. The molecule has 0 atom stereocenters. The topological polar surface area (TPSA) is 46.6 Å². The molecular formula is C21H20ClNO3S. The fraction of sp³-hybridized carbons (Fsp3) is 0.238. The van der Waals surface area contributed by atoms with Crippen molar-refractivity contribution >= 4 is 46.4 Å². The highest BCUT2D eigenvalue weighted by atomic mass is 35.5. The Morgan fingerprint density at radius 3 is 2.30 bits per heavy atom. The first-order valence-electron chi connectivity index (χ1n) is 8.54. The molecule has 2 aromatic carbocycles. The van der Waals surface area contributed by atoms with E-state index in [1.54, 1.807) is 56.5 Å². The lowest BCUT2D eigenvalue weighted by Gasteiger charge is -2.18. The molecule has 6 heteroatoms. The van der Waals surface area contributed by atoms with E-state index in [2.05, 4.69) is 0 Å². The van der Waals surface area contributed by atoms with Crippen molar-refractivity contribution in [1.82, 2.24) is 0 Å². The summed E-state index contributed by atoms with van der Waals surface area (Å²) in [7, 11) is 1.59. The van der Waals surface area contributed by atoms with Crippen LogP contribution in [-0.2, 0) is 9.59 Å². The molecule has 0 aliphatic carbocycles. The summed E-state index contributed by atoms with van der Waals surface area (Å²) in [6, 6.07) is 12.4. The number of ether oxygens (including phenoxy) is 1. The second kappa shape index (κ2) is 7.79. The molecule has 0 saturated carbocycles. The van der Waals surface area contributed by atoms with Crippen LogP contribution >= 0.6 is 23.4 Å². The smallest absolute Gasteiger partial charge is 0.272 e. The summed E-state index contributed by atoms with van der Waals surface area (Å²) >= 11 is 7.61. The third-order valence-electron chi connectivity index (χ3n) is 4.25. The van der Waals surface area contributed by atoms with E-state index in [0.717, 1.165) is 0 Å². The van der Waals surface area contributed by atoms with Crippen molar-refractivity contribution in [3.8, 4) is 5.75 Å². The Morgan fingerprint density at radius 1 is 1.04 bits per heavy atom. The van der Waals surface area contributed by atoms with Gasteiger partial charge in [-0.2, -0.15) is 0 Å². The highest BCUT2D eigenvalue weighted by molar-refractivity contribution is 8.04. The number of thioether (sulfide) groups is 1. The quantitative estimate of drug-likeness (QED) is 0.655. The zero-order valence-electron chi connectivity index (χ0n) is 15.6. The predicted molar refractivity (Wildman–Crippen MR) is 111 cm³/mol. The van der Waals surface area contributed by atoms with E-state index in [4.69, 9.17) is 16.3 Å². The highest BCUT2D eigenvalue weighted by Gasteiger charge is 2.41. The summed E-state index contributed by atoms with van der Waals surface area (Å²) in [6.45, 7) is 5.79. The number of carbonyl (C=O) groups excluding carboxylic acids is 2.